The number of terminal acetylenes is 1. The number of Topliss-reactive ketones (excluding diaryl/α,β-unsaturated/α-hetero) is 1. The molecule has 3 rings (SSSR count). The number of aliphatic hydroxyl groups excluding tert-OH is 3. The third-order valence-corrected chi connectivity index (χ3v) is 8.97. The van der Waals surface area contributed by atoms with E-state index in [1.807, 2.05) is 0 Å². The number of carbonyl (C=O) groups excluding carboxylic acids is 3. The van der Waals surface area contributed by atoms with Gasteiger partial charge in [0.05, 0.1) is 30.1 Å². The lowest BCUT2D eigenvalue weighted by atomic mass is 9.45. The summed E-state index contributed by atoms with van der Waals surface area (Å²) in [5, 5.41) is 45.4. The molecule has 9 nitrogen and oxygen atoms in total. The second-order valence-electron chi connectivity index (χ2n) is 11.4. The zero-order chi connectivity index (χ0) is 31.0. The number of hydrogen-bond acceptors (Lipinski definition) is 9. The first kappa shape index (κ1) is 31.7. The minimum atomic E-state index is -2.34. The van der Waals surface area contributed by atoms with Gasteiger partial charge in [0.25, 0.3) is 0 Å². The molecule has 3 aliphatic rings. The smallest absolute Gasteiger partial charge is 0.385 e. The summed E-state index contributed by atoms with van der Waals surface area (Å²) in [6.07, 6.45) is 2.65. The van der Waals surface area contributed by atoms with Crippen molar-refractivity contribution in [3.05, 3.63) is 23.3 Å². The molecule has 216 valence electrons. The zero-order valence-corrected chi connectivity index (χ0v) is 23.9. The van der Waals surface area contributed by atoms with E-state index in [0.29, 0.717) is 11.1 Å². The number of ether oxygens (including phenoxy) is 2. The number of fused-ring (bicyclic) bond motifs is 3. The van der Waals surface area contributed by atoms with Crippen LogP contribution in [0, 0.1) is 70.5 Å². The van der Waals surface area contributed by atoms with Crippen LogP contribution in [0.2, 0.25) is 0 Å². The predicted molar refractivity (Wildman–Crippen MR) is 147 cm³/mol. The highest BCUT2D eigenvalue weighted by molar-refractivity contribution is 5.94. The molecule has 0 aromatic heterocycles. The second-order valence-corrected chi connectivity index (χ2v) is 11.4. The van der Waals surface area contributed by atoms with Crippen LogP contribution >= 0.6 is 0 Å². The van der Waals surface area contributed by atoms with Crippen LogP contribution in [0.25, 0.3) is 0 Å². The molecule has 0 aliphatic heterocycles. The molecule has 2 bridgehead atoms. The first-order valence-corrected chi connectivity index (χ1v) is 13.1. The molecular formula is C32H34O9. The van der Waals surface area contributed by atoms with Crippen LogP contribution in [-0.4, -0.2) is 74.3 Å². The average Bonchev–Trinajstić information content (AvgIpc) is 2.89. The molecule has 0 saturated heterocycles. The molecule has 9 heteroatoms. The van der Waals surface area contributed by atoms with Gasteiger partial charge in [-0.1, -0.05) is 32.9 Å². The number of carbonyl (C=O) groups is 3. The Hall–Kier alpha value is -3.83. The number of ketones is 1. The van der Waals surface area contributed by atoms with E-state index in [-0.39, 0.29) is 6.42 Å². The molecule has 3 aliphatic carbocycles. The topological polar surface area (TPSA) is 151 Å². The van der Waals surface area contributed by atoms with Crippen molar-refractivity contribution in [1.82, 2.24) is 0 Å². The van der Waals surface area contributed by atoms with Crippen LogP contribution in [0.15, 0.2) is 23.3 Å². The zero-order valence-electron chi connectivity index (χ0n) is 23.9. The first-order chi connectivity index (χ1) is 19.1. The molecule has 0 spiro atoms. The molecule has 4 N–H and O–H groups in total. The number of hydrogen-bond donors (Lipinski definition) is 4. The summed E-state index contributed by atoms with van der Waals surface area (Å²) in [7, 11) is 0. The minimum Gasteiger partial charge on any atom is -0.453 e. The fraction of sp³-hybridized carbons (Fsp3) is 0.531. The van der Waals surface area contributed by atoms with E-state index in [0.717, 1.165) is 6.92 Å². The number of rotatable bonds is 3. The van der Waals surface area contributed by atoms with Gasteiger partial charge in [-0.15, -0.1) is 6.42 Å². The number of aliphatic hydroxyl groups is 4. The quantitative estimate of drug-likeness (QED) is 0.166. The molecule has 0 unspecified atom stereocenters. The normalized spacial score (nSPS) is 36.7. The summed E-state index contributed by atoms with van der Waals surface area (Å²) in [6.45, 7) is 8.25. The lowest BCUT2D eigenvalue weighted by Crippen LogP contribution is -2.79. The van der Waals surface area contributed by atoms with Crippen LogP contribution in [0.5, 0.6) is 0 Å². The maximum absolute atomic E-state index is 14.5. The fourth-order valence-electron chi connectivity index (χ4n) is 7.05. The summed E-state index contributed by atoms with van der Waals surface area (Å²) in [5.74, 6) is 10.8. The summed E-state index contributed by atoms with van der Waals surface area (Å²) in [4.78, 5) is 40.4. The SMILES string of the molecule is C#CC#CC#CC#CC(=O)O[C@H]1[C@]2(OC(C)=O)[C@H](CO)[C@H](O)C=C[C@@]2(C)C(=O)[C@H](C)C2=C(C)[C@@H](O)C[C@]1(O)C2(C)C. The van der Waals surface area contributed by atoms with Gasteiger partial charge >= 0.3 is 11.9 Å². The monoisotopic (exact) mass is 562 g/mol. The molecule has 41 heavy (non-hydrogen) atoms. The van der Waals surface area contributed by atoms with Gasteiger partial charge in [-0.2, -0.15) is 0 Å². The van der Waals surface area contributed by atoms with Gasteiger partial charge in [-0.05, 0) is 60.5 Å². The highest BCUT2D eigenvalue weighted by atomic mass is 16.6. The van der Waals surface area contributed by atoms with E-state index in [1.165, 1.54) is 19.1 Å². The van der Waals surface area contributed by atoms with Crippen molar-refractivity contribution in [2.75, 3.05) is 6.61 Å². The largest absolute Gasteiger partial charge is 0.453 e. The molecule has 0 amide bonds. The Balaban J connectivity index is 2.45. The van der Waals surface area contributed by atoms with E-state index in [4.69, 9.17) is 15.9 Å². The summed E-state index contributed by atoms with van der Waals surface area (Å²) < 4.78 is 11.8. The van der Waals surface area contributed by atoms with E-state index in [9.17, 15) is 34.8 Å². The number of esters is 2. The Morgan fingerprint density at radius 2 is 1.73 bits per heavy atom. The second kappa shape index (κ2) is 11.2. The van der Waals surface area contributed by atoms with Gasteiger partial charge in [0.1, 0.15) is 5.60 Å². The van der Waals surface area contributed by atoms with Gasteiger partial charge in [-0.25, -0.2) is 4.79 Å². The molecule has 0 heterocycles. The third kappa shape index (κ3) is 4.76. The Morgan fingerprint density at radius 3 is 2.32 bits per heavy atom. The molecular weight excluding hydrogens is 528 g/mol. The lowest BCUT2D eigenvalue weighted by molar-refractivity contribution is -0.286. The van der Waals surface area contributed by atoms with Gasteiger partial charge < -0.3 is 29.9 Å². The Bertz CT molecular complexity index is 1440. The lowest BCUT2D eigenvalue weighted by Gasteiger charge is -2.64. The standard InChI is InChI=1S/C32H34O9/c1-8-9-10-11-12-13-14-25(37)40-28-31(39)17-24(36)19(2)26(29(31,5)6)20(3)27(38)30(7)16-15-23(35)22(18-33)32(28,30)41-21(4)34/h1,15-16,20,22-24,28,33,35-36,39H,17-18H2,2-7H3/t20-,22-,23-,24+,28-,30+,31-,32-/m1/s1. The predicted octanol–water partition coefficient (Wildman–Crippen LogP) is 0.446. The van der Waals surface area contributed by atoms with Crippen LogP contribution in [0.3, 0.4) is 0 Å². The maximum atomic E-state index is 14.5. The summed E-state index contributed by atoms with van der Waals surface area (Å²) >= 11 is 0. The molecule has 1 saturated carbocycles. The van der Waals surface area contributed by atoms with Crippen molar-refractivity contribution in [3.63, 3.8) is 0 Å². The van der Waals surface area contributed by atoms with Gasteiger partial charge in [0, 0.05) is 30.6 Å². The van der Waals surface area contributed by atoms with Gasteiger partial charge in [0.2, 0.25) is 0 Å². The minimum absolute atomic E-state index is 0.389. The van der Waals surface area contributed by atoms with Crippen molar-refractivity contribution in [2.45, 2.75) is 77.5 Å². The van der Waals surface area contributed by atoms with Gasteiger partial charge in [0.15, 0.2) is 17.5 Å². The van der Waals surface area contributed by atoms with Crippen LogP contribution in [0.1, 0.15) is 48.0 Å². The Labute approximate surface area is 240 Å². The average molecular weight is 563 g/mol. The molecule has 0 radical (unpaired) electrons. The highest BCUT2D eigenvalue weighted by Crippen LogP contribution is 2.63. The van der Waals surface area contributed by atoms with Crippen LogP contribution in [-0.2, 0) is 23.9 Å². The Kier molecular flexibility index (Phi) is 8.67. The van der Waals surface area contributed by atoms with Crippen molar-refractivity contribution in [3.8, 4) is 47.9 Å². The van der Waals surface area contributed by atoms with Gasteiger partial charge in [-0.3, -0.25) is 9.59 Å². The summed E-state index contributed by atoms with van der Waals surface area (Å²) in [5.41, 5.74) is -6.80. The first-order valence-electron chi connectivity index (χ1n) is 13.1. The van der Waals surface area contributed by atoms with Crippen LogP contribution in [0.4, 0.5) is 0 Å². The van der Waals surface area contributed by atoms with Crippen molar-refractivity contribution in [2.24, 2.45) is 22.7 Å². The van der Waals surface area contributed by atoms with E-state index in [2.05, 4.69) is 41.4 Å². The van der Waals surface area contributed by atoms with Crippen molar-refractivity contribution < 1.29 is 44.3 Å². The Morgan fingerprint density at radius 1 is 1.12 bits per heavy atom. The maximum Gasteiger partial charge on any atom is 0.385 e. The van der Waals surface area contributed by atoms with Crippen LogP contribution < -0.4 is 0 Å². The van der Waals surface area contributed by atoms with E-state index >= 15 is 0 Å². The van der Waals surface area contributed by atoms with Crippen molar-refractivity contribution >= 4 is 17.7 Å². The van der Waals surface area contributed by atoms with Crippen molar-refractivity contribution in [1.29, 1.82) is 0 Å². The molecule has 0 aromatic rings. The molecule has 0 aromatic carbocycles. The molecule has 8 atom stereocenters. The van der Waals surface area contributed by atoms with E-state index < -0.39 is 76.5 Å². The summed E-state index contributed by atoms with van der Waals surface area (Å²) in [6, 6.07) is 0. The highest BCUT2D eigenvalue weighted by Gasteiger charge is 2.76. The third-order valence-electron chi connectivity index (χ3n) is 8.97. The van der Waals surface area contributed by atoms with E-state index in [1.54, 1.807) is 27.7 Å². The fourth-order valence-corrected chi connectivity index (χ4v) is 7.05. The molecule has 1 fully saturated rings.